The van der Waals surface area contributed by atoms with Crippen molar-refractivity contribution in [2.45, 2.75) is 12.8 Å². The first kappa shape index (κ1) is 16.8. The summed E-state index contributed by atoms with van der Waals surface area (Å²) in [6, 6.07) is 13.6. The number of carbonyl (C=O) groups is 1. The predicted molar refractivity (Wildman–Crippen MR) is 87.0 cm³/mol. The summed E-state index contributed by atoms with van der Waals surface area (Å²) in [7, 11) is 0. The topological polar surface area (TPSA) is 51.2 Å². The van der Waals surface area contributed by atoms with Crippen LogP contribution in [0.4, 0.5) is 23.7 Å². The molecule has 1 amide bonds. The highest BCUT2D eigenvalue weighted by atomic mass is 19.4. The Balaban J connectivity index is 1.79. The number of fused-ring (bicyclic) bond motifs is 1. The quantitative estimate of drug-likeness (QED) is 0.726. The Labute approximate surface area is 141 Å². The van der Waals surface area contributed by atoms with E-state index in [0.717, 1.165) is 17.7 Å². The maximum atomic E-state index is 12.9. The number of amides is 1. The van der Waals surface area contributed by atoms with Crippen LogP contribution in [0.15, 0.2) is 60.8 Å². The fraction of sp³-hybridized carbons (Fsp3) is 0.111. The van der Waals surface area contributed by atoms with Gasteiger partial charge in [0.2, 0.25) is 0 Å². The van der Waals surface area contributed by atoms with Crippen molar-refractivity contribution in [1.29, 1.82) is 0 Å². The van der Waals surface area contributed by atoms with Crippen LogP contribution in [0.1, 0.15) is 11.1 Å². The van der Waals surface area contributed by atoms with E-state index in [2.05, 4.69) is 10.3 Å². The maximum Gasteiger partial charge on any atom is 0.416 e. The van der Waals surface area contributed by atoms with Crippen molar-refractivity contribution >= 4 is 22.7 Å². The standard InChI is InChI=1S/C18H13F3N2O2/c19-18(20,21)13-6-7-15-14(10-13)16(8-9-22-15)23-17(24)25-11-12-4-2-1-3-5-12/h1-10H,11H2,(H,22,23,24). The van der Waals surface area contributed by atoms with Crippen molar-refractivity contribution in [2.24, 2.45) is 0 Å². The molecule has 0 aliphatic heterocycles. The lowest BCUT2D eigenvalue weighted by atomic mass is 10.1. The highest BCUT2D eigenvalue weighted by molar-refractivity contribution is 5.98. The number of hydrogen-bond acceptors (Lipinski definition) is 3. The third-order valence-electron chi connectivity index (χ3n) is 3.52. The molecule has 0 fully saturated rings. The van der Waals surface area contributed by atoms with Crippen molar-refractivity contribution in [1.82, 2.24) is 4.98 Å². The average molecular weight is 346 g/mol. The molecule has 0 radical (unpaired) electrons. The number of aromatic nitrogens is 1. The third-order valence-corrected chi connectivity index (χ3v) is 3.52. The lowest BCUT2D eigenvalue weighted by Gasteiger charge is -2.11. The Bertz CT molecular complexity index is 896. The van der Waals surface area contributed by atoms with Gasteiger partial charge >= 0.3 is 12.3 Å². The monoisotopic (exact) mass is 346 g/mol. The summed E-state index contributed by atoms with van der Waals surface area (Å²) in [6.45, 7) is 0.0590. The average Bonchev–Trinajstić information content (AvgIpc) is 2.60. The summed E-state index contributed by atoms with van der Waals surface area (Å²) in [5, 5.41) is 2.65. The molecule has 0 atom stereocenters. The zero-order valence-electron chi connectivity index (χ0n) is 12.9. The highest BCUT2D eigenvalue weighted by Gasteiger charge is 2.30. The lowest BCUT2D eigenvalue weighted by Crippen LogP contribution is -2.14. The molecule has 0 saturated carbocycles. The maximum absolute atomic E-state index is 12.9. The van der Waals surface area contributed by atoms with E-state index in [-0.39, 0.29) is 17.7 Å². The van der Waals surface area contributed by atoms with Gasteiger partial charge in [0.05, 0.1) is 16.8 Å². The summed E-state index contributed by atoms with van der Waals surface area (Å²) < 4.78 is 43.7. The summed E-state index contributed by atoms with van der Waals surface area (Å²) in [5.41, 5.74) is 0.535. The second-order valence-electron chi connectivity index (χ2n) is 5.27. The van der Waals surface area contributed by atoms with Gasteiger partial charge in [0.15, 0.2) is 0 Å². The van der Waals surface area contributed by atoms with Gasteiger partial charge in [-0.05, 0) is 29.8 Å². The summed E-state index contributed by atoms with van der Waals surface area (Å²) >= 11 is 0. The van der Waals surface area contributed by atoms with Crippen molar-refractivity contribution in [2.75, 3.05) is 5.32 Å². The lowest BCUT2D eigenvalue weighted by molar-refractivity contribution is -0.137. The molecule has 0 unspecified atom stereocenters. The van der Waals surface area contributed by atoms with E-state index >= 15 is 0 Å². The molecule has 2 aromatic carbocycles. The number of nitrogens with zero attached hydrogens (tertiary/aromatic N) is 1. The van der Waals surface area contributed by atoms with Gasteiger partial charge in [0.25, 0.3) is 0 Å². The molecule has 3 aromatic rings. The minimum Gasteiger partial charge on any atom is -0.444 e. The van der Waals surface area contributed by atoms with E-state index in [1.165, 1.54) is 18.3 Å². The van der Waals surface area contributed by atoms with E-state index in [9.17, 15) is 18.0 Å². The molecule has 4 nitrogen and oxygen atoms in total. The number of hydrogen-bond donors (Lipinski definition) is 1. The Hall–Kier alpha value is -3.09. The number of halogens is 3. The number of ether oxygens (including phenoxy) is 1. The van der Waals surface area contributed by atoms with Gasteiger partial charge in [0, 0.05) is 11.6 Å². The number of pyridine rings is 1. The highest BCUT2D eigenvalue weighted by Crippen LogP contribution is 2.33. The first-order valence-corrected chi connectivity index (χ1v) is 7.37. The van der Waals surface area contributed by atoms with Gasteiger partial charge in [-0.25, -0.2) is 4.79 Å². The van der Waals surface area contributed by atoms with Crippen molar-refractivity contribution in [3.8, 4) is 0 Å². The van der Waals surface area contributed by atoms with Gasteiger partial charge < -0.3 is 4.74 Å². The molecule has 0 aliphatic carbocycles. The van der Waals surface area contributed by atoms with E-state index in [1.54, 1.807) is 12.1 Å². The summed E-state index contributed by atoms with van der Waals surface area (Å²) in [6.07, 6.45) is -3.83. The molecule has 0 saturated heterocycles. The van der Waals surface area contributed by atoms with E-state index in [1.807, 2.05) is 18.2 Å². The van der Waals surface area contributed by atoms with Crippen LogP contribution in [-0.4, -0.2) is 11.1 Å². The van der Waals surface area contributed by atoms with Crippen LogP contribution >= 0.6 is 0 Å². The van der Waals surface area contributed by atoms with E-state index in [4.69, 9.17) is 4.74 Å². The van der Waals surface area contributed by atoms with E-state index in [0.29, 0.717) is 5.52 Å². The number of alkyl halides is 3. The van der Waals surface area contributed by atoms with E-state index < -0.39 is 17.8 Å². The van der Waals surface area contributed by atoms with Crippen LogP contribution in [0.25, 0.3) is 10.9 Å². The minimum absolute atomic E-state index is 0.0590. The largest absolute Gasteiger partial charge is 0.444 e. The zero-order chi connectivity index (χ0) is 17.9. The van der Waals surface area contributed by atoms with Crippen LogP contribution in [0.3, 0.4) is 0 Å². The molecule has 25 heavy (non-hydrogen) atoms. The molecule has 128 valence electrons. The molecular formula is C18H13F3N2O2. The first-order chi connectivity index (χ1) is 11.9. The van der Waals surface area contributed by atoms with Gasteiger partial charge in [-0.1, -0.05) is 30.3 Å². The van der Waals surface area contributed by atoms with Gasteiger partial charge in [-0.15, -0.1) is 0 Å². The molecule has 0 spiro atoms. The molecule has 1 N–H and O–H groups in total. The van der Waals surface area contributed by atoms with Crippen molar-refractivity contribution < 1.29 is 22.7 Å². The minimum atomic E-state index is -4.48. The zero-order valence-corrected chi connectivity index (χ0v) is 12.9. The number of benzene rings is 2. The smallest absolute Gasteiger partial charge is 0.416 e. The van der Waals surface area contributed by atoms with Crippen molar-refractivity contribution in [3.63, 3.8) is 0 Å². The Morgan fingerprint density at radius 1 is 1.08 bits per heavy atom. The molecule has 3 rings (SSSR count). The fourth-order valence-electron chi connectivity index (χ4n) is 2.30. The van der Waals surface area contributed by atoms with Gasteiger partial charge in [0.1, 0.15) is 6.61 Å². The number of carbonyl (C=O) groups excluding carboxylic acids is 1. The second kappa shape index (κ2) is 6.80. The van der Waals surface area contributed by atoms with Gasteiger partial charge in [-0.3, -0.25) is 10.3 Å². The van der Waals surface area contributed by atoms with Crippen LogP contribution in [0.5, 0.6) is 0 Å². The summed E-state index contributed by atoms with van der Waals surface area (Å²) in [4.78, 5) is 15.9. The molecule has 1 aromatic heterocycles. The third kappa shape index (κ3) is 4.06. The van der Waals surface area contributed by atoms with Crippen molar-refractivity contribution in [3.05, 3.63) is 71.9 Å². The number of anilines is 1. The summed E-state index contributed by atoms with van der Waals surface area (Å²) in [5.74, 6) is 0. The molecule has 1 heterocycles. The Morgan fingerprint density at radius 3 is 2.56 bits per heavy atom. The van der Waals surface area contributed by atoms with Crippen LogP contribution in [0.2, 0.25) is 0 Å². The van der Waals surface area contributed by atoms with Crippen LogP contribution in [-0.2, 0) is 17.5 Å². The normalized spacial score (nSPS) is 11.3. The first-order valence-electron chi connectivity index (χ1n) is 7.37. The molecule has 7 heteroatoms. The second-order valence-corrected chi connectivity index (χ2v) is 5.27. The Morgan fingerprint density at radius 2 is 1.84 bits per heavy atom. The Kier molecular flexibility index (Phi) is 4.56. The SMILES string of the molecule is O=C(Nc1ccnc2ccc(C(F)(F)F)cc12)OCc1ccccc1. The molecule has 0 aliphatic rings. The van der Waals surface area contributed by atoms with Crippen LogP contribution < -0.4 is 5.32 Å². The molecular weight excluding hydrogens is 333 g/mol. The number of nitrogens with one attached hydrogen (secondary N) is 1. The predicted octanol–water partition coefficient (Wildman–Crippen LogP) is 5.00. The van der Waals surface area contributed by atoms with Gasteiger partial charge in [-0.2, -0.15) is 13.2 Å². The fourth-order valence-corrected chi connectivity index (χ4v) is 2.30. The number of rotatable bonds is 3. The molecule has 0 bridgehead atoms. The van der Waals surface area contributed by atoms with Crippen LogP contribution in [0, 0.1) is 0 Å².